The number of aliphatic hydroxyl groups excluding tert-OH is 2. The molecular weight excluding hydrogens is 536 g/mol. The Bertz CT molecular complexity index is 1380. The summed E-state index contributed by atoms with van der Waals surface area (Å²) >= 11 is 0. The zero-order valence-electron chi connectivity index (χ0n) is 24.3. The molecule has 0 heterocycles. The Hall–Kier alpha value is -4.37. The molecule has 2 N–H and O–H groups in total. The van der Waals surface area contributed by atoms with Gasteiger partial charge in [-0.1, -0.05) is 56.1 Å². The smallest absolute Gasteiger partial charge is 0.333 e. The molecule has 0 bridgehead atoms. The first-order chi connectivity index (χ1) is 20.0. The fraction of sp³-hybridized carbons (Fsp3) is 0.265. The number of carbonyl (C=O) groups is 1. The molecule has 0 aliphatic carbocycles. The van der Waals surface area contributed by atoms with E-state index in [2.05, 4.69) is 19.7 Å². The predicted octanol–water partition coefficient (Wildman–Crippen LogP) is 6.08. The van der Waals surface area contributed by atoms with Crippen LogP contribution in [-0.2, 0) is 14.3 Å². The Labute approximate surface area is 247 Å². The highest BCUT2D eigenvalue weighted by atomic mass is 16.6. The van der Waals surface area contributed by atoms with Crippen LogP contribution in [0.5, 0.6) is 17.2 Å². The van der Waals surface area contributed by atoms with E-state index in [1.165, 1.54) is 0 Å². The average molecular weight is 575 g/mol. The summed E-state index contributed by atoms with van der Waals surface area (Å²) in [6.07, 6.45) is -2.10. The third-order valence-corrected chi connectivity index (χ3v) is 5.94. The van der Waals surface area contributed by atoms with Crippen LogP contribution in [-0.4, -0.2) is 55.2 Å². The molecule has 2 atom stereocenters. The lowest BCUT2D eigenvalue weighted by Gasteiger charge is -2.15. The second kappa shape index (κ2) is 15.6. The van der Waals surface area contributed by atoms with Crippen molar-refractivity contribution < 1.29 is 38.7 Å². The highest BCUT2D eigenvalue weighted by Gasteiger charge is 2.10. The molecule has 0 saturated heterocycles. The van der Waals surface area contributed by atoms with Gasteiger partial charge in [-0.25, -0.2) is 4.79 Å². The number of esters is 1. The van der Waals surface area contributed by atoms with Crippen LogP contribution >= 0.6 is 0 Å². The van der Waals surface area contributed by atoms with Gasteiger partial charge in [-0.05, 0) is 78.4 Å². The average Bonchev–Trinajstić information content (AvgIpc) is 2.97. The van der Waals surface area contributed by atoms with Crippen LogP contribution in [0.4, 0.5) is 0 Å². The zero-order chi connectivity index (χ0) is 30.6. The van der Waals surface area contributed by atoms with Crippen LogP contribution in [0, 0.1) is 0 Å². The van der Waals surface area contributed by atoms with E-state index in [1.54, 1.807) is 39.0 Å². The molecule has 8 heteroatoms. The first kappa shape index (κ1) is 32.1. The van der Waals surface area contributed by atoms with Crippen LogP contribution in [0.3, 0.4) is 0 Å². The molecule has 222 valence electrons. The van der Waals surface area contributed by atoms with Crippen molar-refractivity contribution in [2.75, 3.05) is 26.4 Å². The van der Waals surface area contributed by atoms with Gasteiger partial charge in [-0.3, -0.25) is 0 Å². The first-order valence-corrected chi connectivity index (χ1v) is 13.4. The quantitative estimate of drug-likeness (QED) is 0.0698. The maximum absolute atomic E-state index is 11.6. The molecule has 0 aliphatic rings. The Morgan fingerprint density at radius 3 is 1.62 bits per heavy atom. The second-order valence-electron chi connectivity index (χ2n) is 9.79. The van der Waals surface area contributed by atoms with Crippen molar-refractivity contribution in [3.8, 4) is 39.5 Å². The molecular formula is C34H38O8. The van der Waals surface area contributed by atoms with E-state index in [0.717, 1.165) is 22.3 Å². The Balaban J connectivity index is 1.74. The van der Waals surface area contributed by atoms with E-state index in [4.69, 9.17) is 23.7 Å². The van der Waals surface area contributed by atoms with E-state index >= 15 is 0 Å². The van der Waals surface area contributed by atoms with Gasteiger partial charge in [0.25, 0.3) is 0 Å². The van der Waals surface area contributed by atoms with Crippen molar-refractivity contribution in [1.29, 1.82) is 0 Å². The fourth-order valence-electron chi connectivity index (χ4n) is 3.59. The highest BCUT2D eigenvalue weighted by Crippen LogP contribution is 2.32. The van der Waals surface area contributed by atoms with Crippen molar-refractivity contribution in [3.63, 3.8) is 0 Å². The zero-order valence-corrected chi connectivity index (χ0v) is 24.3. The Kier molecular flexibility index (Phi) is 11.9. The number of hydrogen-bond acceptors (Lipinski definition) is 8. The lowest BCUT2D eigenvalue weighted by atomic mass is 10.00. The number of carbonyl (C=O) groups excluding carboxylic acids is 1. The maximum atomic E-state index is 11.6. The number of benzene rings is 3. The van der Waals surface area contributed by atoms with Gasteiger partial charge in [-0.15, -0.1) is 0 Å². The van der Waals surface area contributed by atoms with E-state index in [-0.39, 0.29) is 26.4 Å². The topological polar surface area (TPSA) is 104 Å². The third-order valence-electron chi connectivity index (χ3n) is 5.94. The number of rotatable bonds is 16. The summed E-state index contributed by atoms with van der Waals surface area (Å²) in [4.78, 5) is 11.6. The summed E-state index contributed by atoms with van der Waals surface area (Å²) in [6, 6.07) is 20.9. The summed E-state index contributed by atoms with van der Waals surface area (Å²) in [5.74, 6) is 1.16. The standard InChI is InChI=1S/C34H38O8/c1-22(2)32(35)40-17-15-38-30-19-28(20-31(21-30)39-16-18-41-33(36)23(3)4)27-9-7-25(8-10-27)26-11-13-29(14-12-26)42-34(37)24(5)6/h7-14,19-21,32,34-35,37H,1,3,5,15-18H2,2,4,6H3. The minimum absolute atomic E-state index is 0.0728. The van der Waals surface area contributed by atoms with Gasteiger partial charge < -0.3 is 33.9 Å². The van der Waals surface area contributed by atoms with Crippen molar-refractivity contribution in [1.82, 2.24) is 0 Å². The largest absolute Gasteiger partial charge is 0.491 e. The van der Waals surface area contributed by atoms with Crippen LogP contribution in [0.25, 0.3) is 22.3 Å². The molecule has 0 radical (unpaired) electrons. The minimum atomic E-state index is -1.05. The molecule has 3 rings (SSSR count). The molecule has 8 nitrogen and oxygen atoms in total. The highest BCUT2D eigenvalue weighted by molar-refractivity contribution is 5.86. The van der Waals surface area contributed by atoms with Gasteiger partial charge in [0.2, 0.25) is 6.29 Å². The molecule has 3 aromatic carbocycles. The number of ether oxygens (including phenoxy) is 5. The van der Waals surface area contributed by atoms with Crippen LogP contribution < -0.4 is 14.2 Å². The molecule has 0 aromatic heterocycles. The minimum Gasteiger partial charge on any atom is -0.491 e. The maximum Gasteiger partial charge on any atom is 0.333 e. The molecule has 2 unspecified atom stereocenters. The monoisotopic (exact) mass is 574 g/mol. The summed E-state index contributed by atoms with van der Waals surface area (Å²) in [7, 11) is 0. The molecule has 0 amide bonds. The predicted molar refractivity (Wildman–Crippen MR) is 162 cm³/mol. The van der Waals surface area contributed by atoms with E-state index in [0.29, 0.717) is 34.0 Å². The van der Waals surface area contributed by atoms with Crippen LogP contribution in [0.1, 0.15) is 20.8 Å². The SMILES string of the molecule is C=C(C)C(=O)OCCOc1cc(OCCOC(O)C(=C)C)cc(-c2ccc(-c3ccc(OC(O)C(=C)C)cc3)cc2)c1. The first-order valence-electron chi connectivity index (χ1n) is 13.4. The summed E-state index contributed by atoms with van der Waals surface area (Å²) < 4.78 is 27.6. The second-order valence-corrected chi connectivity index (χ2v) is 9.79. The lowest BCUT2D eigenvalue weighted by Crippen LogP contribution is -2.17. The van der Waals surface area contributed by atoms with Crippen LogP contribution in [0.15, 0.2) is 103 Å². The van der Waals surface area contributed by atoms with Gasteiger partial charge in [0.15, 0.2) is 6.29 Å². The molecule has 0 aliphatic heterocycles. The fourth-order valence-corrected chi connectivity index (χ4v) is 3.59. The normalized spacial score (nSPS) is 12.1. The van der Waals surface area contributed by atoms with Gasteiger partial charge in [0.1, 0.15) is 37.1 Å². The van der Waals surface area contributed by atoms with E-state index < -0.39 is 18.5 Å². The number of aliphatic hydroxyl groups is 2. The summed E-state index contributed by atoms with van der Waals surface area (Å²) in [5.41, 5.74) is 5.13. The van der Waals surface area contributed by atoms with Crippen molar-refractivity contribution in [3.05, 3.63) is 103 Å². The van der Waals surface area contributed by atoms with E-state index in [9.17, 15) is 15.0 Å². The van der Waals surface area contributed by atoms with Crippen molar-refractivity contribution in [2.24, 2.45) is 0 Å². The molecule has 3 aromatic rings. The number of hydrogen-bond donors (Lipinski definition) is 2. The molecule has 42 heavy (non-hydrogen) atoms. The van der Waals surface area contributed by atoms with Gasteiger partial charge in [0.05, 0.1) is 6.61 Å². The van der Waals surface area contributed by atoms with Gasteiger partial charge >= 0.3 is 5.97 Å². The Morgan fingerprint density at radius 2 is 1.12 bits per heavy atom. The molecule has 0 saturated carbocycles. The molecule has 0 fully saturated rings. The van der Waals surface area contributed by atoms with Gasteiger partial charge in [-0.2, -0.15) is 0 Å². The third kappa shape index (κ3) is 9.92. The summed E-state index contributed by atoms with van der Waals surface area (Å²) in [6.45, 7) is 16.5. The Morgan fingerprint density at radius 1 is 0.643 bits per heavy atom. The van der Waals surface area contributed by atoms with Crippen molar-refractivity contribution in [2.45, 2.75) is 33.4 Å². The molecule has 0 spiro atoms. The lowest BCUT2D eigenvalue weighted by molar-refractivity contribution is -0.139. The van der Waals surface area contributed by atoms with E-state index in [1.807, 2.05) is 48.5 Å². The van der Waals surface area contributed by atoms with Crippen LogP contribution in [0.2, 0.25) is 0 Å². The van der Waals surface area contributed by atoms with Gasteiger partial charge in [0, 0.05) is 11.6 Å². The van der Waals surface area contributed by atoms with Crippen molar-refractivity contribution >= 4 is 5.97 Å². The summed E-state index contributed by atoms with van der Waals surface area (Å²) in [5, 5.41) is 19.6.